The van der Waals surface area contributed by atoms with E-state index >= 15 is 0 Å². The molecule has 1 aliphatic carbocycles. The number of thiophene rings is 1. The van der Waals surface area contributed by atoms with Gasteiger partial charge in [-0.3, -0.25) is 14.2 Å². The number of primary amides is 1. The smallest absolute Gasteiger partial charge is 0.263 e. The van der Waals surface area contributed by atoms with Crippen molar-refractivity contribution >= 4 is 39.1 Å². The van der Waals surface area contributed by atoms with Crippen LogP contribution < -0.4 is 11.3 Å². The van der Waals surface area contributed by atoms with Crippen molar-refractivity contribution in [3.63, 3.8) is 0 Å². The van der Waals surface area contributed by atoms with Gasteiger partial charge in [-0.15, -0.1) is 11.3 Å². The topological polar surface area (TPSA) is 78.0 Å². The second-order valence-corrected chi connectivity index (χ2v) is 8.15. The van der Waals surface area contributed by atoms with E-state index in [0.29, 0.717) is 22.7 Å². The maximum atomic E-state index is 13.3. The molecule has 5 nitrogen and oxygen atoms in total. The van der Waals surface area contributed by atoms with Gasteiger partial charge in [-0.1, -0.05) is 23.7 Å². The lowest BCUT2D eigenvalue weighted by Gasteiger charge is -2.17. The number of aryl methyl sites for hydroxylation is 2. The fraction of sp³-hybridized carbons (Fsp3) is 0.316. The summed E-state index contributed by atoms with van der Waals surface area (Å²) in [5, 5.41) is 1.28. The molecule has 1 aliphatic rings. The Morgan fingerprint density at radius 3 is 2.96 bits per heavy atom. The maximum absolute atomic E-state index is 13.3. The Hall–Kier alpha value is -2.18. The van der Waals surface area contributed by atoms with Crippen molar-refractivity contribution in [2.45, 2.75) is 38.6 Å². The molecule has 2 heterocycles. The van der Waals surface area contributed by atoms with Crippen molar-refractivity contribution in [1.82, 2.24) is 9.55 Å². The lowest BCUT2D eigenvalue weighted by atomic mass is 10.1. The van der Waals surface area contributed by atoms with Crippen molar-refractivity contribution in [3.05, 3.63) is 61.5 Å². The molecule has 26 heavy (non-hydrogen) atoms. The quantitative estimate of drug-likeness (QED) is 0.746. The predicted octanol–water partition coefficient (Wildman–Crippen LogP) is 3.24. The second kappa shape index (κ2) is 6.52. The highest BCUT2D eigenvalue weighted by molar-refractivity contribution is 7.18. The molecule has 0 spiro atoms. The van der Waals surface area contributed by atoms with E-state index < -0.39 is 11.9 Å². The zero-order valence-electron chi connectivity index (χ0n) is 14.3. The second-order valence-electron chi connectivity index (χ2n) is 6.63. The monoisotopic (exact) mass is 387 g/mol. The molecular weight excluding hydrogens is 370 g/mol. The Morgan fingerprint density at radius 1 is 1.42 bits per heavy atom. The first kappa shape index (κ1) is 17.2. The Morgan fingerprint density at radius 2 is 2.23 bits per heavy atom. The molecule has 0 fully saturated rings. The van der Waals surface area contributed by atoms with E-state index in [1.807, 2.05) is 18.2 Å². The summed E-state index contributed by atoms with van der Waals surface area (Å²) in [7, 11) is 0. The molecular formula is C19H18ClN3O2S. The van der Waals surface area contributed by atoms with Crippen molar-refractivity contribution < 1.29 is 4.79 Å². The van der Waals surface area contributed by atoms with E-state index in [4.69, 9.17) is 22.3 Å². The first-order chi connectivity index (χ1) is 12.5. The number of benzene rings is 1. The van der Waals surface area contributed by atoms with E-state index in [1.54, 1.807) is 24.3 Å². The minimum Gasteiger partial charge on any atom is -0.368 e. The van der Waals surface area contributed by atoms with Crippen molar-refractivity contribution in [1.29, 1.82) is 0 Å². The summed E-state index contributed by atoms with van der Waals surface area (Å²) in [4.78, 5) is 31.9. The van der Waals surface area contributed by atoms with E-state index in [1.165, 1.54) is 9.44 Å². The molecule has 1 amide bonds. The predicted molar refractivity (Wildman–Crippen MR) is 104 cm³/mol. The third-order valence-corrected chi connectivity index (χ3v) is 6.32. The molecule has 4 rings (SSSR count). The Bertz CT molecular complexity index is 1090. The molecule has 0 bridgehead atoms. The summed E-state index contributed by atoms with van der Waals surface area (Å²) in [6, 6.07) is 6.66. The summed E-state index contributed by atoms with van der Waals surface area (Å²) in [6.45, 7) is 1.64. The number of aromatic nitrogens is 2. The third kappa shape index (κ3) is 2.83. The average Bonchev–Trinajstić information content (AvgIpc) is 3.15. The highest BCUT2D eigenvalue weighted by Gasteiger charge is 2.26. The summed E-state index contributed by atoms with van der Waals surface area (Å²) >= 11 is 7.67. The number of fused-ring (bicyclic) bond motifs is 3. The van der Waals surface area contributed by atoms with Gasteiger partial charge in [0.2, 0.25) is 5.91 Å². The van der Waals surface area contributed by atoms with E-state index in [2.05, 4.69) is 0 Å². The molecule has 0 saturated carbocycles. The van der Waals surface area contributed by atoms with E-state index in [9.17, 15) is 9.59 Å². The van der Waals surface area contributed by atoms with Crippen LogP contribution in [0.2, 0.25) is 5.02 Å². The van der Waals surface area contributed by atoms with Gasteiger partial charge in [-0.05, 0) is 49.4 Å². The van der Waals surface area contributed by atoms with Gasteiger partial charge in [-0.2, -0.15) is 0 Å². The number of hydrogen-bond donors (Lipinski definition) is 1. The van der Waals surface area contributed by atoms with Crippen molar-refractivity contribution in [2.24, 2.45) is 5.73 Å². The van der Waals surface area contributed by atoms with Gasteiger partial charge >= 0.3 is 0 Å². The number of nitrogens with zero attached hydrogens (tertiary/aromatic N) is 2. The number of halogens is 1. The van der Waals surface area contributed by atoms with E-state index in [0.717, 1.165) is 35.2 Å². The molecule has 1 unspecified atom stereocenters. The van der Waals surface area contributed by atoms with Gasteiger partial charge in [0, 0.05) is 16.3 Å². The number of amides is 1. The van der Waals surface area contributed by atoms with Crippen LogP contribution in [0.5, 0.6) is 0 Å². The summed E-state index contributed by atoms with van der Waals surface area (Å²) < 4.78 is 1.46. The fourth-order valence-corrected chi connectivity index (χ4v) is 5.06. The minimum atomic E-state index is -0.759. The molecule has 1 atom stereocenters. The summed E-state index contributed by atoms with van der Waals surface area (Å²) in [5.41, 5.74) is 7.37. The Balaban J connectivity index is 1.94. The minimum absolute atomic E-state index is 0.169. The Labute approximate surface area is 159 Å². The fourth-order valence-electron chi connectivity index (χ4n) is 3.58. The molecule has 2 N–H and O–H groups in total. The number of carbonyl (C=O) groups excluding carboxylic acids is 1. The lowest BCUT2D eigenvalue weighted by molar-refractivity contribution is -0.120. The molecule has 0 aliphatic heterocycles. The van der Waals surface area contributed by atoms with Crippen LogP contribution in [0.4, 0.5) is 0 Å². The zero-order valence-corrected chi connectivity index (χ0v) is 15.9. The average molecular weight is 388 g/mol. The zero-order chi connectivity index (χ0) is 18.4. The van der Waals surface area contributed by atoms with Crippen molar-refractivity contribution in [2.75, 3.05) is 0 Å². The molecule has 1 aromatic carbocycles. The van der Waals surface area contributed by atoms with Crippen LogP contribution >= 0.6 is 22.9 Å². The number of hydrogen-bond acceptors (Lipinski definition) is 4. The molecule has 2 aromatic heterocycles. The highest BCUT2D eigenvalue weighted by atomic mass is 35.5. The number of nitrogens with two attached hydrogens (primary N) is 1. The van der Waals surface area contributed by atoms with Crippen LogP contribution in [0.25, 0.3) is 10.2 Å². The van der Waals surface area contributed by atoms with Gasteiger partial charge in [0.05, 0.1) is 5.39 Å². The number of carbonyl (C=O) groups is 1. The standard InChI is InChI=1S/C19H18ClN3O2S/c1-10(17(21)24)23-15(9-11-4-2-5-12(20)8-11)22-18-16(19(23)25)13-6-3-7-14(13)26-18/h2,4-5,8,10H,3,6-7,9H2,1H3,(H2,21,24). The summed E-state index contributed by atoms with van der Waals surface area (Å²) in [6.07, 6.45) is 3.35. The summed E-state index contributed by atoms with van der Waals surface area (Å²) in [5.74, 6) is -0.0107. The normalized spacial score (nSPS) is 14.5. The van der Waals surface area contributed by atoms with Crippen LogP contribution in [0.15, 0.2) is 29.1 Å². The van der Waals surface area contributed by atoms with Crippen LogP contribution in [0, 0.1) is 0 Å². The van der Waals surface area contributed by atoms with Gasteiger partial charge in [0.1, 0.15) is 16.7 Å². The van der Waals surface area contributed by atoms with Gasteiger partial charge in [-0.25, -0.2) is 4.98 Å². The molecule has 7 heteroatoms. The first-order valence-electron chi connectivity index (χ1n) is 8.55. The van der Waals surface area contributed by atoms with Crippen LogP contribution in [-0.2, 0) is 24.1 Å². The number of rotatable bonds is 4. The largest absolute Gasteiger partial charge is 0.368 e. The maximum Gasteiger partial charge on any atom is 0.263 e. The van der Waals surface area contributed by atoms with Crippen LogP contribution in [0.3, 0.4) is 0 Å². The van der Waals surface area contributed by atoms with Gasteiger partial charge in [0.15, 0.2) is 0 Å². The molecule has 0 saturated heterocycles. The Kier molecular flexibility index (Phi) is 4.32. The lowest BCUT2D eigenvalue weighted by Crippen LogP contribution is -2.35. The van der Waals surface area contributed by atoms with Gasteiger partial charge in [0.25, 0.3) is 5.56 Å². The van der Waals surface area contributed by atoms with Crippen LogP contribution in [-0.4, -0.2) is 15.5 Å². The molecule has 3 aromatic rings. The molecule has 134 valence electrons. The molecule has 0 radical (unpaired) electrons. The van der Waals surface area contributed by atoms with Crippen molar-refractivity contribution in [3.8, 4) is 0 Å². The third-order valence-electron chi connectivity index (χ3n) is 4.89. The highest BCUT2D eigenvalue weighted by Crippen LogP contribution is 2.35. The van der Waals surface area contributed by atoms with Gasteiger partial charge < -0.3 is 5.73 Å². The van der Waals surface area contributed by atoms with Crippen LogP contribution in [0.1, 0.15) is 41.2 Å². The first-order valence-corrected chi connectivity index (χ1v) is 9.74. The SMILES string of the molecule is CC(C(N)=O)n1c(Cc2cccc(Cl)c2)nc2sc3c(c2c1=O)CCC3. The van der Waals surface area contributed by atoms with E-state index in [-0.39, 0.29) is 5.56 Å².